The molecule has 9 heteroatoms. The van der Waals surface area contributed by atoms with Crippen molar-refractivity contribution in [2.75, 3.05) is 33.7 Å². The van der Waals surface area contributed by atoms with Gasteiger partial charge in [0.1, 0.15) is 12.1 Å². The van der Waals surface area contributed by atoms with E-state index in [1.54, 1.807) is 30.3 Å². The second-order valence-corrected chi connectivity index (χ2v) is 14.3. The van der Waals surface area contributed by atoms with Crippen molar-refractivity contribution in [2.45, 2.75) is 110 Å². The fourth-order valence-corrected chi connectivity index (χ4v) is 7.32. The zero-order valence-electron chi connectivity index (χ0n) is 30.3. The summed E-state index contributed by atoms with van der Waals surface area (Å²) in [6.45, 7) is 13.0. The van der Waals surface area contributed by atoms with Gasteiger partial charge in [-0.2, -0.15) is 0 Å². The lowest BCUT2D eigenvalue weighted by atomic mass is 9.90. The third-order valence-corrected chi connectivity index (χ3v) is 11.1. The molecule has 3 atom stereocenters. The van der Waals surface area contributed by atoms with E-state index >= 15 is 0 Å². The van der Waals surface area contributed by atoms with Crippen LogP contribution in [0.5, 0.6) is 0 Å². The summed E-state index contributed by atoms with van der Waals surface area (Å²) in [5, 5.41) is 5.14. The predicted octanol–water partition coefficient (Wildman–Crippen LogP) is 5.98. The first kappa shape index (κ1) is 39.2. The van der Waals surface area contributed by atoms with Crippen molar-refractivity contribution in [3.05, 3.63) is 75.5 Å². The summed E-state index contributed by atoms with van der Waals surface area (Å²) in [4.78, 5) is 48.5. The number of carbonyl (C=O) groups excluding carboxylic acids is 3. The normalized spacial score (nSPS) is 16.8. The second kappa shape index (κ2) is 19.1. The van der Waals surface area contributed by atoms with Crippen molar-refractivity contribution in [1.29, 1.82) is 0 Å². The molecular weight excluding hydrogens is 619 g/mol. The van der Waals surface area contributed by atoms with Gasteiger partial charge in [-0.15, -0.1) is 11.3 Å². The first-order valence-electron chi connectivity index (χ1n) is 17.7. The minimum atomic E-state index is -0.811. The first-order valence-corrected chi connectivity index (χ1v) is 18.6. The Labute approximate surface area is 293 Å². The van der Waals surface area contributed by atoms with E-state index in [0.29, 0.717) is 31.8 Å². The van der Waals surface area contributed by atoms with Crippen LogP contribution in [0, 0.1) is 6.92 Å². The number of hydrogen-bond donors (Lipinski definition) is 2. The molecule has 48 heavy (non-hydrogen) atoms. The number of allylic oxidation sites excluding steroid dienone is 1. The summed E-state index contributed by atoms with van der Waals surface area (Å²) in [7, 11) is 3.37. The molecule has 0 bridgehead atoms. The molecule has 1 aromatic heterocycles. The van der Waals surface area contributed by atoms with Crippen LogP contribution in [-0.2, 0) is 27.2 Å². The third kappa shape index (κ3) is 10.9. The van der Waals surface area contributed by atoms with Crippen LogP contribution < -0.4 is 11.1 Å². The molecule has 1 aliphatic heterocycles. The van der Waals surface area contributed by atoms with Crippen LogP contribution in [0.1, 0.15) is 87.8 Å². The van der Waals surface area contributed by atoms with Crippen LogP contribution >= 0.6 is 11.3 Å². The Kier molecular flexibility index (Phi) is 15.6. The summed E-state index contributed by atoms with van der Waals surface area (Å²) in [5.74, 6) is -0.706. The monoisotopic (exact) mass is 677 g/mol. The van der Waals surface area contributed by atoms with Crippen molar-refractivity contribution in [3.8, 4) is 0 Å². The van der Waals surface area contributed by atoms with E-state index in [-0.39, 0.29) is 23.3 Å². The van der Waals surface area contributed by atoms with Crippen LogP contribution in [0.4, 0.5) is 0 Å². The van der Waals surface area contributed by atoms with E-state index in [1.165, 1.54) is 17.4 Å². The zero-order valence-corrected chi connectivity index (χ0v) is 31.2. The average Bonchev–Trinajstić information content (AvgIpc) is 3.78. The molecule has 1 aromatic carbocycles. The molecule has 3 N–H and O–H groups in total. The number of nitrogens with zero attached hydrogens (tertiary/aromatic N) is 3. The van der Waals surface area contributed by atoms with Crippen molar-refractivity contribution < 1.29 is 14.4 Å². The molecule has 1 saturated heterocycles. The topological polar surface area (TPSA) is 99.0 Å². The molecule has 3 rings (SSSR count). The molecule has 0 radical (unpaired) electrons. The lowest BCUT2D eigenvalue weighted by Gasteiger charge is -2.34. The minimum absolute atomic E-state index is 0.169. The fourth-order valence-electron chi connectivity index (χ4n) is 6.58. The number of nitrogens with two attached hydrogens (primary N) is 1. The van der Waals surface area contributed by atoms with Crippen LogP contribution in [0.2, 0.25) is 0 Å². The number of rotatable bonds is 18. The molecule has 8 nitrogen and oxygen atoms in total. The van der Waals surface area contributed by atoms with Crippen molar-refractivity contribution >= 4 is 35.1 Å². The Hall–Kier alpha value is -3.27. The number of thiophene rings is 1. The number of likely N-dealkylation sites (N-methyl/N-ethyl adjacent to an activating group) is 2. The highest BCUT2D eigenvalue weighted by molar-refractivity contribution is 7.09. The predicted molar refractivity (Wildman–Crippen MR) is 200 cm³/mol. The van der Waals surface area contributed by atoms with Crippen molar-refractivity contribution in [2.24, 2.45) is 5.73 Å². The molecular formula is C39H59N5O3S. The van der Waals surface area contributed by atoms with E-state index in [0.717, 1.165) is 60.3 Å². The SMILES string of the molecule is C/C=C\c1ccc(C[C@H](C(=O)N(C)C(Cc2cccs2)C(=O)NCCC2CCCN2CC)N(C)C(=O)/C=C/CC(N)(CC)CC)cc1C. The van der Waals surface area contributed by atoms with Gasteiger partial charge in [-0.25, -0.2) is 0 Å². The summed E-state index contributed by atoms with van der Waals surface area (Å²) in [6, 6.07) is 9.05. The van der Waals surface area contributed by atoms with Gasteiger partial charge in [0.15, 0.2) is 0 Å². The summed E-state index contributed by atoms with van der Waals surface area (Å²) < 4.78 is 0. The molecule has 1 fully saturated rings. The summed E-state index contributed by atoms with van der Waals surface area (Å²) >= 11 is 1.57. The van der Waals surface area contributed by atoms with E-state index in [1.807, 2.05) is 55.6 Å². The van der Waals surface area contributed by atoms with Crippen LogP contribution in [0.3, 0.4) is 0 Å². The number of likely N-dealkylation sites (tertiary alicyclic amines) is 1. The van der Waals surface area contributed by atoms with E-state index in [4.69, 9.17) is 5.73 Å². The molecule has 2 heterocycles. The Bertz CT molecular complexity index is 1380. The fraction of sp³-hybridized carbons (Fsp3) is 0.564. The molecule has 264 valence electrons. The highest BCUT2D eigenvalue weighted by Crippen LogP contribution is 2.22. The highest BCUT2D eigenvalue weighted by atomic mass is 32.1. The first-order chi connectivity index (χ1) is 23.0. The van der Waals surface area contributed by atoms with Gasteiger partial charge in [-0.05, 0) is 99.7 Å². The quantitative estimate of drug-likeness (QED) is 0.189. The lowest BCUT2D eigenvalue weighted by Crippen LogP contribution is -2.56. The molecule has 0 aliphatic carbocycles. The Morgan fingerprint density at radius 3 is 2.48 bits per heavy atom. The minimum Gasteiger partial charge on any atom is -0.354 e. The Balaban J connectivity index is 1.87. The number of amides is 3. The van der Waals surface area contributed by atoms with Gasteiger partial charge in [-0.3, -0.25) is 14.4 Å². The molecule has 1 aliphatic rings. The number of aryl methyl sites for hydroxylation is 1. The van der Waals surface area contributed by atoms with Gasteiger partial charge in [0, 0.05) is 49.9 Å². The van der Waals surface area contributed by atoms with E-state index in [2.05, 4.69) is 43.1 Å². The Morgan fingerprint density at radius 2 is 1.85 bits per heavy atom. The number of hydrogen-bond acceptors (Lipinski definition) is 6. The van der Waals surface area contributed by atoms with Crippen LogP contribution in [0.25, 0.3) is 6.08 Å². The molecule has 0 saturated carbocycles. The Morgan fingerprint density at radius 1 is 1.10 bits per heavy atom. The van der Waals surface area contributed by atoms with Gasteiger partial charge < -0.3 is 25.8 Å². The maximum absolute atomic E-state index is 14.5. The molecule has 3 amide bonds. The zero-order chi connectivity index (χ0) is 35.3. The van der Waals surface area contributed by atoms with Crippen molar-refractivity contribution in [3.63, 3.8) is 0 Å². The van der Waals surface area contributed by atoms with E-state index in [9.17, 15) is 14.4 Å². The third-order valence-electron chi connectivity index (χ3n) is 10.2. The van der Waals surface area contributed by atoms with Crippen LogP contribution in [0.15, 0.2) is 53.9 Å². The number of carbonyl (C=O) groups is 3. The maximum atomic E-state index is 14.5. The summed E-state index contributed by atoms with van der Waals surface area (Å²) in [6.07, 6.45) is 13.5. The van der Waals surface area contributed by atoms with Crippen molar-refractivity contribution in [1.82, 2.24) is 20.0 Å². The molecule has 2 unspecified atom stereocenters. The standard InChI is InChI=1S/C39H59N5O3S/c1-8-15-31-20-19-30(26-29(31)5)27-35(42(6)36(45)18-12-22-39(40,9-2)10-3)38(47)43(7)34(28-33-17-14-25-48-33)37(46)41-23-21-32-16-13-24-44(32)11-4/h8,12,14-15,17-20,25-26,32,34-35H,9-11,13,16,21-24,27-28,40H2,1-7H3,(H,41,46)/b15-8-,18-12+/t32?,34?,35-/m1/s1. The van der Waals surface area contributed by atoms with Crippen LogP contribution in [-0.4, -0.2) is 89.8 Å². The largest absolute Gasteiger partial charge is 0.354 e. The molecule has 2 aromatic rings. The van der Waals surface area contributed by atoms with Gasteiger partial charge in [0.25, 0.3) is 0 Å². The van der Waals surface area contributed by atoms with Gasteiger partial charge in [0.2, 0.25) is 17.7 Å². The average molecular weight is 678 g/mol. The van der Waals surface area contributed by atoms with E-state index < -0.39 is 12.1 Å². The second-order valence-electron chi connectivity index (χ2n) is 13.3. The molecule has 0 spiro atoms. The summed E-state index contributed by atoms with van der Waals surface area (Å²) in [5.41, 5.74) is 9.26. The lowest BCUT2D eigenvalue weighted by molar-refractivity contribution is -0.146. The van der Waals surface area contributed by atoms with Gasteiger partial charge in [0.05, 0.1) is 0 Å². The maximum Gasteiger partial charge on any atom is 0.246 e. The van der Waals surface area contributed by atoms with Gasteiger partial charge >= 0.3 is 0 Å². The highest BCUT2D eigenvalue weighted by Gasteiger charge is 2.35. The number of benzene rings is 1. The van der Waals surface area contributed by atoms with Gasteiger partial charge in [-0.1, -0.05) is 63.3 Å². The number of nitrogens with one attached hydrogen (secondary N) is 1. The smallest absolute Gasteiger partial charge is 0.246 e.